The van der Waals surface area contributed by atoms with E-state index in [1.165, 1.54) is 0 Å². The molecule has 0 saturated heterocycles. The zero-order valence-electron chi connectivity index (χ0n) is 1.23. The summed E-state index contributed by atoms with van der Waals surface area (Å²) in [5, 5.41) is 0. The Morgan fingerprint density at radius 3 is 1.00 bits per heavy atom. The number of rotatable bonds is 0. The van der Waals surface area contributed by atoms with E-state index in [4.69, 9.17) is 0 Å². The minimum atomic E-state index is 0. The molecule has 0 aliphatic heterocycles. The maximum absolute atomic E-state index is 0. The molecule has 0 nitrogen and oxygen atoms in total. The summed E-state index contributed by atoms with van der Waals surface area (Å²) in [5.74, 6) is 0. The first-order chi connectivity index (χ1) is 0. The van der Waals surface area contributed by atoms with Crippen molar-refractivity contribution < 1.29 is 55.9 Å². The fourth-order valence-corrected chi connectivity index (χ4v) is 0. The molecule has 0 aromatic carbocycles. The van der Waals surface area contributed by atoms with E-state index in [0.29, 0.717) is 0 Å². The van der Waals surface area contributed by atoms with Crippen molar-refractivity contribution in [1.82, 2.24) is 0 Å². The van der Waals surface area contributed by atoms with E-state index in [1.54, 1.807) is 0 Å². The molecule has 0 aromatic rings. The Kier molecular flexibility index (Phi) is 318. The van der Waals surface area contributed by atoms with Gasteiger partial charge in [0.25, 0.3) is 0 Å². The average Bonchev–Trinajstić information content (AvgIpc) is 0. The molecule has 0 rings (SSSR count). The van der Waals surface area contributed by atoms with Gasteiger partial charge in [-0.25, -0.2) is 0 Å². The summed E-state index contributed by atoms with van der Waals surface area (Å²) in [7, 11) is 0. The topological polar surface area (TPSA) is 0 Å². The first kappa shape index (κ1) is 50.7. The van der Waals surface area contributed by atoms with Crippen LogP contribution < -0.4 is 0 Å². The molecule has 0 atom stereocenters. The van der Waals surface area contributed by atoms with Crippen LogP contribution in [0.1, 0.15) is 0 Å². The second kappa shape index (κ2) is 31.4. The van der Waals surface area contributed by atoms with Crippen LogP contribution in [0.25, 0.3) is 0 Å². The van der Waals surface area contributed by atoms with E-state index >= 15 is 0 Å². The fourth-order valence-electron chi connectivity index (χ4n) is 0. The molecule has 0 heterocycles. The standard InChI is InChI=1S/Al.Fe.Mn.H4Si.Ti.3H/h;;;1H4;;;;. The van der Waals surface area contributed by atoms with Gasteiger partial charge in [-0.2, -0.15) is 0 Å². The molecule has 0 aromatic heterocycles. The Morgan fingerprint density at radius 2 is 1.00 bits per heavy atom. The molecule has 5 heteroatoms. The molecule has 0 aliphatic carbocycles. The van der Waals surface area contributed by atoms with Gasteiger partial charge < -0.3 is 0 Å². The minimum absolute atomic E-state index is 0. The van der Waals surface area contributed by atoms with Crippen molar-refractivity contribution in [3.63, 3.8) is 0 Å². The summed E-state index contributed by atoms with van der Waals surface area (Å²) < 4.78 is 0. The van der Waals surface area contributed by atoms with Crippen molar-refractivity contribution in [3.8, 4) is 0 Å². The first-order valence-corrected chi connectivity index (χ1v) is 0. The van der Waals surface area contributed by atoms with E-state index in [2.05, 4.69) is 0 Å². The zero-order chi connectivity index (χ0) is 0. The monoisotopic (exact) mass is 221 g/mol. The van der Waals surface area contributed by atoms with Crippen LogP contribution in [0.5, 0.6) is 0 Å². The zero-order valence-corrected chi connectivity index (χ0v) is 5.08. The Labute approximate surface area is 83.2 Å². The van der Waals surface area contributed by atoms with Gasteiger partial charge >= 0.3 is 0 Å². The van der Waals surface area contributed by atoms with E-state index in [9.17, 15) is 0 Å². The van der Waals surface area contributed by atoms with Gasteiger partial charge in [-0.3, -0.25) is 0 Å². The van der Waals surface area contributed by atoms with Gasteiger partial charge in [0.2, 0.25) is 0 Å². The Balaban J connectivity index is 0. The van der Waals surface area contributed by atoms with Gasteiger partial charge in [0.05, 0.1) is 0 Å². The molecule has 0 N–H and O–H groups in total. The van der Waals surface area contributed by atoms with Gasteiger partial charge in [0.15, 0.2) is 17.4 Å². The molecule has 1 radical (unpaired) electrons. The largest absolute Gasteiger partial charge is 0.187 e. The molecule has 33 valence electrons. The van der Waals surface area contributed by atoms with Crippen molar-refractivity contribution in [2.24, 2.45) is 0 Å². The molecule has 0 saturated carbocycles. The Hall–Kier alpha value is 2.50. The summed E-state index contributed by atoms with van der Waals surface area (Å²) in [6.07, 6.45) is 0. The Bertz CT molecular complexity index is 11.6. The minimum Gasteiger partial charge on any atom is -0.0149 e. The third kappa shape index (κ3) is 21.0. The fraction of sp³-hybridized carbons (Fsp3) is 0. The maximum Gasteiger partial charge on any atom is 0.187 e. The average molecular weight is 221 g/mol. The molecule has 0 aliphatic rings. The van der Waals surface area contributed by atoms with Crippen LogP contribution in [-0.2, 0) is 55.9 Å². The molecule has 0 unspecified atom stereocenters. The van der Waals surface area contributed by atoms with E-state index in [1.807, 2.05) is 0 Å². The van der Waals surface area contributed by atoms with Gasteiger partial charge in [0.1, 0.15) is 0 Å². The molecular weight excluding hydrogens is 214 g/mol. The van der Waals surface area contributed by atoms with Crippen molar-refractivity contribution in [2.45, 2.75) is 0 Å². The summed E-state index contributed by atoms with van der Waals surface area (Å²) >= 11 is 0. The van der Waals surface area contributed by atoms with E-state index in [0.717, 1.165) is 0 Å². The number of hydrogen-bond donors (Lipinski definition) is 0. The second-order valence-corrected chi connectivity index (χ2v) is 0. The molecule has 5 heavy (non-hydrogen) atoms. The van der Waals surface area contributed by atoms with Crippen molar-refractivity contribution in [2.75, 3.05) is 0 Å². The maximum atomic E-state index is 0. The normalized spacial score (nSPS) is 0. The van der Waals surface area contributed by atoms with Crippen molar-refractivity contribution in [3.05, 3.63) is 0 Å². The smallest absolute Gasteiger partial charge is 0.0149 e. The van der Waals surface area contributed by atoms with E-state index < -0.39 is 0 Å². The first-order valence-electron chi connectivity index (χ1n) is 0. The predicted molar refractivity (Wildman–Crippen MR) is 21.3 cm³/mol. The molecule has 0 bridgehead atoms. The van der Waals surface area contributed by atoms with Crippen molar-refractivity contribution in [1.29, 1.82) is 0 Å². The third-order valence-electron chi connectivity index (χ3n) is 0. The summed E-state index contributed by atoms with van der Waals surface area (Å²) in [4.78, 5) is 0. The van der Waals surface area contributed by atoms with Gasteiger partial charge in [-0.05, 0) is 11.0 Å². The van der Waals surface area contributed by atoms with Crippen LogP contribution in [0.3, 0.4) is 0 Å². The van der Waals surface area contributed by atoms with Crippen LogP contribution in [0, 0.1) is 0 Å². The third-order valence-corrected chi connectivity index (χ3v) is 0. The van der Waals surface area contributed by atoms with Crippen LogP contribution in [0.15, 0.2) is 0 Å². The summed E-state index contributed by atoms with van der Waals surface area (Å²) in [5.41, 5.74) is 0. The molecular formula is H7AlFeMnSiTi. The van der Waals surface area contributed by atoms with Gasteiger partial charge in [0, 0.05) is 55.9 Å². The van der Waals surface area contributed by atoms with Crippen LogP contribution in [-0.4, -0.2) is 28.3 Å². The van der Waals surface area contributed by atoms with Crippen LogP contribution >= 0.6 is 0 Å². The number of hydrogen-bond acceptors (Lipinski definition) is 0. The second-order valence-electron chi connectivity index (χ2n) is 0. The predicted octanol–water partition coefficient (Wildman–Crippen LogP) is -2.64. The molecule has 0 amide bonds. The summed E-state index contributed by atoms with van der Waals surface area (Å²) in [6.45, 7) is 0. The van der Waals surface area contributed by atoms with Crippen molar-refractivity contribution >= 4 is 28.3 Å². The van der Waals surface area contributed by atoms with Gasteiger partial charge in [-0.1, -0.05) is 0 Å². The molecule has 0 spiro atoms. The van der Waals surface area contributed by atoms with Crippen LogP contribution in [0.2, 0.25) is 0 Å². The molecule has 0 fully saturated rings. The summed E-state index contributed by atoms with van der Waals surface area (Å²) in [6, 6.07) is 0. The van der Waals surface area contributed by atoms with Crippen LogP contribution in [0.4, 0.5) is 0 Å². The Morgan fingerprint density at radius 1 is 1.00 bits per heavy atom. The van der Waals surface area contributed by atoms with Gasteiger partial charge in [-0.15, -0.1) is 0 Å². The van der Waals surface area contributed by atoms with E-state index in [-0.39, 0.29) is 84.2 Å². The SMILES string of the molecule is [AlH3].[Fe].[Mn].[SiH4].[Ti]. The quantitative estimate of drug-likeness (QED) is 0.392.